The summed E-state index contributed by atoms with van der Waals surface area (Å²) in [4.78, 5) is 25.5. The molecule has 2 rings (SSSR count). The van der Waals surface area contributed by atoms with Crippen molar-refractivity contribution in [2.24, 2.45) is 11.8 Å². The second-order valence-electron chi connectivity index (χ2n) is 6.39. The molecule has 0 aromatic carbocycles. The average Bonchev–Trinajstić information content (AvgIpc) is 2.41. The van der Waals surface area contributed by atoms with Crippen LogP contribution in [0.5, 0.6) is 0 Å². The van der Waals surface area contributed by atoms with Gasteiger partial charge in [0.25, 0.3) is 0 Å². The molecular weight excluding hydrogens is 256 g/mol. The lowest BCUT2D eigenvalue weighted by atomic mass is 9.82. The lowest BCUT2D eigenvalue weighted by Gasteiger charge is -2.37. The number of nitrogens with one attached hydrogen (secondary N) is 1. The van der Waals surface area contributed by atoms with Gasteiger partial charge in [-0.2, -0.15) is 0 Å². The van der Waals surface area contributed by atoms with Crippen molar-refractivity contribution in [2.45, 2.75) is 58.1 Å². The number of rotatable bonds is 2. The largest absolute Gasteiger partial charge is 0.391 e. The number of carbonyl (C=O) groups excluding carboxylic acids is 2. The van der Waals surface area contributed by atoms with Crippen LogP contribution in [0.3, 0.4) is 0 Å². The van der Waals surface area contributed by atoms with Gasteiger partial charge in [0.15, 0.2) is 0 Å². The minimum atomic E-state index is -0.606. The number of hydrogen-bond acceptors (Lipinski definition) is 3. The summed E-state index contributed by atoms with van der Waals surface area (Å²) in [6, 6.07) is -0.196. The van der Waals surface area contributed by atoms with E-state index in [0.717, 1.165) is 32.4 Å². The van der Waals surface area contributed by atoms with Gasteiger partial charge in [-0.05, 0) is 38.0 Å². The van der Waals surface area contributed by atoms with Crippen LogP contribution in [0.1, 0.15) is 46.0 Å². The Morgan fingerprint density at radius 3 is 2.35 bits per heavy atom. The highest BCUT2D eigenvalue weighted by molar-refractivity contribution is 5.79. The molecule has 0 bridgehead atoms. The van der Waals surface area contributed by atoms with E-state index in [1.807, 2.05) is 4.90 Å². The maximum absolute atomic E-state index is 12.5. The molecule has 2 amide bonds. The molecule has 0 radical (unpaired) electrons. The Hall–Kier alpha value is -1.10. The number of aliphatic hydroxyl groups is 1. The lowest BCUT2D eigenvalue weighted by molar-refractivity contribution is -0.139. The summed E-state index contributed by atoms with van der Waals surface area (Å²) in [5.74, 6) is 0.699. The van der Waals surface area contributed by atoms with E-state index in [9.17, 15) is 14.7 Å². The Morgan fingerprint density at radius 2 is 1.80 bits per heavy atom. The van der Waals surface area contributed by atoms with Crippen LogP contribution < -0.4 is 5.32 Å². The number of amides is 2. The van der Waals surface area contributed by atoms with Crippen molar-refractivity contribution in [1.29, 1.82) is 0 Å². The maximum Gasteiger partial charge on any atom is 0.225 e. The van der Waals surface area contributed by atoms with Gasteiger partial charge < -0.3 is 15.3 Å². The average molecular weight is 282 g/mol. The van der Waals surface area contributed by atoms with Crippen LogP contribution in [0.2, 0.25) is 0 Å². The second kappa shape index (κ2) is 6.57. The molecule has 3 atom stereocenters. The van der Waals surface area contributed by atoms with Crippen LogP contribution in [-0.4, -0.2) is 47.1 Å². The van der Waals surface area contributed by atoms with Gasteiger partial charge in [-0.25, -0.2) is 0 Å². The van der Waals surface area contributed by atoms with Crippen molar-refractivity contribution in [2.75, 3.05) is 13.1 Å². The molecule has 1 saturated heterocycles. The Labute approximate surface area is 120 Å². The molecule has 2 N–H and O–H groups in total. The van der Waals surface area contributed by atoms with Gasteiger partial charge in [-0.3, -0.25) is 9.59 Å². The Morgan fingerprint density at radius 1 is 1.15 bits per heavy atom. The first-order valence-electron chi connectivity index (χ1n) is 7.71. The number of likely N-dealkylation sites (tertiary alicyclic amines) is 1. The van der Waals surface area contributed by atoms with E-state index >= 15 is 0 Å². The van der Waals surface area contributed by atoms with Crippen LogP contribution >= 0.6 is 0 Å². The summed E-state index contributed by atoms with van der Waals surface area (Å²) < 4.78 is 0. The molecule has 2 aliphatic rings. The maximum atomic E-state index is 12.5. The van der Waals surface area contributed by atoms with Gasteiger partial charge in [0.1, 0.15) is 0 Å². The van der Waals surface area contributed by atoms with E-state index in [0.29, 0.717) is 18.8 Å². The second-order valence-corrected chi connectivity index (χ2v) is 6.39. The number of nitrogens with zero attached hydrogens (tertiary/aromatic N) is 1. The van der Waals surface area contributed by atoms with Gasteiger partial charge in [0.2, 0.25) is 11.8 Å². The van der Waals surface area contributed by atoms with Crippen LogP contribution in [0.15, 0.2) is 0 Å². The van der Waals surface area contributed by atoms with Crippen LogP contribution in [0.25, 0.3) is 0 Å². The normalized spacial score (nSPS) is 31.9. The summed E-state index contributed by atoms with van der Waals surface area (Å²) in [6.07, 6.45) is 3.46. The molecule has 114 valence electrons. The van der Waals surface area contributed by atoms with Gasteiger partial charge >= 0.3 is 0 Å². The van der Waals surface area contributed by atoms with Crippen molar-refractivity contribution in [3.8, 4) is 0 Å². The van der Waals surface area contributed by atoms with Crippen LogP contribution in [0.4, 0.5) is 0 Å². The first-order chi connectivity index (χ1) is 9.47. The van der Waals surface area contributed by atoms with E-state index in [-0.39, 0.29) is 23.8 Å². The summed E-state index contributed by atoms with van der Waals surface area (Å²) in [5.41, 5.74) is 0. The minimum Gasteiger partial charge on any atom is -0.391 e. The molecule has 1 saturated carbocycles. The van der Waals surface area contributed by atoms with Gasteiger partial charge in [0.05, 0.1) is 12.1 Å². The number of carbonyl (C=O) groups is 2. The topological polar surface area (TPSA) is 69.6 Å². The fourth-order valence-corrected chi connectivity index (χ4v) is 3.29. The first kappa shape index (κ1) is 15.3. The molecule has 2 fully saturated rings. The van der Waals surface area contributed by atoms with Crippen molar-refractivity contribution < 1.29 is 14.7 Å². The zero-order valence-corrected chi connectivity index (χ0v) is 12.5. The fraction of sp³-hybridized carbons (Fsp3) is 0.867. The molecule has 5 heteroatoms. The molecule has 0 unspecified atom stereocenters. The minimum absolute atomic E-state index is 0.0802. The van der Waals surface area contributed by atoms with Crippen molar-refractivity contribution in [1.82, 2.24) is 10.2 Å². The molecule has 1 heterocycles. The fourth-order valence-electron chi connectivity index (χ4n) is 3.29. The smallest absolute Gasteiger partial charge is 0.225 e. The van der Waals surface area contributed by atoms with E-state index in [2.05, 4.69) is 12.2 Å². The highest BCUT2D eigenvalue weighted by atomic mass is 16.3. The van der Waals surface area contributed by atoms with E-state index in [1.165, 1.54) is 6.92 Å². The Balaban J connectivity index is 1.85. The van der Waals surface area contributed by atoms with Crippen molar-refractivity contribution in [3.05, 3.63) is 0 Å². The highest BCUT2D eigenvalue weighted by Crippen LogP contribution is 2.28. The number of piperidine rings is 1. The molecule has 1 aliphatic carbocycles. The molecule has 0 aromatic heterocycles. The van der Waals surface area contributed by atoms with Crippen LogP contribution in [0, 0.1) is 11.8 Å². The van der Waals surface area contributed by atoms with E-state index in [4.69, 9.17) is 0 Å². The standard InChI is InChI=1S/C15H26N2O3/c1-10-5-7-17(8-6-10)15(20)12-3-4-13(14(19)9-12)16-11(2)18/h10,12-14,19H,3-9H2,1-2H3,(H,16,18)/t12-,13+,14+/m0/s1. The van der Waals surface area contributed by atoms with Gasteiger partial charge in [-0.15, -0.1) is 0 Å². The summed E-state index contributed by atoms with van der Waals surface area (Å²) in [7, 11) is 0. The molecule has 5 nitrogen and oxygen atoms in total. The van der Waals surface area contributed by atoms with Crippen LogP contribution in [-0.2, 0) is 9.59 Å². The molecule has 1 aliphatic heterocycles. The van der Waals surface area contributed by atoms with E-state index in [1.54, 1.807) is 0 Å². The summed E-state index contributed by atoms with van der Waals surface area (Å²) in [5, 5.41) is 12.9. The quantitative estimate of drug-likeness (QED) is 0.791. The van der Waals surface area contributed by atoms with Crippen molar-refractivity contribution >= 4 is 11.8 Å². The lowest BCUT2D eigenvalue weighted by Crippen LogP contribution is -2.50. The molecule has 0 spiro atoms. The monoisotopic (exact) mass is 282 g/mol. The van der Waals surface area contributed by atoms with Gasteiger partial charge in [0, 0.05) is 25.9 Å². The zero-order chi connectivity index (χ0) is 14.7. The predicted molar refractivity (Wildman–Crippen MR) is 75.9 cm³/mol. The first-order valence-corrected chi connectivity index (χ1v) is 7.71. The Bertz CT molecular complexity index is 364. The third-order valence-electron chi connectivity index (χ3n) is 4.65. The number of hydrogen-bond donors (Lipinski definition) is 2. The molecular formula is C15H26N2O3. The summed E-state index contributed by atoms with van der Waals surface area (Å²) >= 11 is 0. The van der Waals surface area contributed by atoms with Crippen molar-refractivity contribution in [3.63, 3.8) is 0 Å². The van der Waals surface area contributed by atoms with Gasteiger partial charge in [-0.1, -0.05) is 6.92 Å². The zero-order valence-electron chi connectivity index (χ0n) is 12.5. The summed E-state index contributed by atoms with van der Waals surface area (Å²) in [6.45, 7) is 5.38. The molecule has 0 aromatic rings. The SMILES string of the molecule is CC(=O)N[C@@H]1CC[C@H](C(=O)N2CCC(C)CC2)C[C@H]1O. The predicted octanol–water partition coefficient (Wildman–Crippen LogP) is 0.911. The molecule has 20 heavy (non-hydrogen) atoms. The third kappa shape index (κ3) is 3.72. The highest BCUT2D eigenvalue weighted by Gasteiger charge is 2.35. The number of aliphatic hydroxyl groups excluding tert-OH is 1. The van der Waals surface area contributed by atoms with E-state index < -0.39 is 6.10 Å². The third-order valence-corrected chi connectivity index (χ3v) is 4.65. The Kier molecular flexibility index (Phi) is 5.02.